The molecule has 0 aromatic heterocycles. The zero-order chi connectivity index (χ0) is 21.6. The Morgan fingerprint density at radius 3 is 2.21 bits per heavy atom. The average molecular weight is 412 g/mol. The van der Waals surface area contributed by atoms with Crippen molar-refractivity contribution in [3.8, 4) is 0 Å². The summed E-state index contributed by atoms with van der Waals surface area (Å²) >= 11 is 0. The summed E-state index contributed by atoms with van der Waals surface area (Å²) in [6.45, 7) is 7.55. The molecular formula is C21H32O8. The van der Waals surface area contributed by atoms with Crippen molar-refractivity contribution in [2.45, 2.75) is 78.1 Å². The minimum atomic E-state index is -1.04. The van der Waals surface area contributed by atoms with Gasteiger partial charge in [-0.1, -0.05) is 31.8 Å². The first-order chi connectivity index (χ1) is 13.8. The molecule has 8 nitrogen and oxygen atoms in total. The molecule has 0 aromatic carbocycles. The van der Waals surface area contributed by atoms with Crippen LogP contribution in [0.2, 0.25) is 0 Å². The lowest BCUT2D eigenvalue weighted by atomic mass is 10.1. The van der Waals surface area contributed by atoms with Gasteiger partial charge >= 0.3 is 17.9 Å². The summed E-state index contributed by atoms with van der Waals surface area (Å²) < 4.78 is 26.7. The number of hydrogen-bond acceptors (Lipinski definition) is 8. The fourth-order valence-corrected chi connectivity index (χ4v) is 2.79. The molecule has 0 N–H and O–H groups in total. The SMILES string of the molecule is C=CCCCCCCCCO[C@@H]1OC(COC(C)=O)=C(OC(C)=O)C1OC(C)=O. The van der Waals surface area contributed by atoms with Crippen molar-refractivity contribution in [3.63, 3.8) is 0 Å². The van der Waals surface area contributed by atoms with E-state index in [0.29, 0.717) is 6.61 Å². The van der Waals surface area contributed by atoms with Crippen LogP contribution in [0.3, 0.4) is 0 Å². The van der Waals surface area contributed by atoms with E-state index in [-0.39, 0.29) is 18.1 Å². The summed E-state index contributed by atoms with van der Waals surface area (Å²) in [6, 6.07) is 0. The van der Waals surface area contributed by atoms with Gasteiger partial charge in [-0.2, -0.15) is 0 Å². The summed E-state index contributed by atoms with van der Waals surface area (Å²) in [5, 5.41) is 0. The monoisotopic (exact) mass is 412 g/mol. The molecule has 0 aliphatic carbocycles. The average Bonchev–Trinajstić information content (AvgIpc) is 2.94. The number of hydrogen-bond donors (Lipinski definition) is 0. The van der Waals surface area contributed by atoms with Gasteiger partial charge < -0.3 is 23.7 Å². The lowest BCUT2D eigenvalue weighted by Crippen LogP contribution is -2.33. The third-order valence-electron chi connectivity index (χ3n) is 4.08. The van der Waals surface area contributed by atoms with Crippen LogP contribution >= 0.6 is 0 Å². The van der Waals surface area contributed by atoms with E-state index in [4.69, 9.17) is 23.7 Å². The Kier molecular flexibility index (Phi) is 11.7. The summed E-state index contributed by atoms with van der Waals surface area (Å²) in [6.07, 6.45) is 7.41. The van der Waals surface area contributed by atoms with Crippen molar-refractivity contribution >= 4 is 17.9 Å². The van der Waals surface area contributed by atoms with Gasteiger partial charge in [-0.25, -0.2) is 0 Å². The van der Waals surface area contributed by atoms with Gasteiger partial charge in [0.15, 0.2) is 18.1 Å². The molecule has 0 amide bonds. The molecule has 0 saturated heterocycles. The van der Waals surface area contributed by atoms with Crippen LogP contribution in [-0.4, -0.2) is 43.5 Å². The number of carbonyl (C=O) groups excluding carboxylic acids is 3. The van der Waals surface area contributed by atoms with Crippen molar-refractivity contribution in [1.82, 2.24) is 0 Å². The highest BCUT2D eigenvalue weighted by Crippen LogP contribution is 2.31. The van der Waals surface area contributed by atoms with E-state index in [1.165, 1.54) is 27.2 Å². The predicted molar refractivity (Wildman–Crippen MR) is 104 cm³/mol. The van der Waals surface area contributed by atoms with Gasteiger partial charge in [0, 0.05) is 20.8 Å². The van der Waals surface area contributed by atoms with E-state index >= 15 is 0 Å². The lowest BCUT2D eigenvalue weighted by molar-refractivity contribution is -0.181. The van der Waals surface area contributed by atoms with E-state index in [0.717, 1.165) is 38.5 Å². The van der Waals surface area contributed by atoms with Crippen molar-refractivity contribution < 1.29 is 38.1 Å². The number of rotatable bonds is 14. The molecule has 0 fully saturated rings. The van der Waals surface area contributed by atoms with E-state index < -0.39 is 30.3 Å². The van der Waals surface area contributed by atoms with Crippen LogP contribution in [0.25, 0.3) is 0 Å². The quantitative estimate of drug-likeness (QED) is 0.185. The first-order valence-electron chi connectivity index (χ1n) is 9.96. The maximum Gasteiger partial charge on any atom is 0.307 e. The van der Waals surface area contributed by atoms with Crippen molar-refractivity contribution in [2.24, 2.45) is 0 Å². The standard InChI is InChI=1S/C21H32O8/c1-5-6-7-8-9-10-11-12-13-25-21-20(28-17(4)24)19(27-16(3)23)18(29-21)14-26-15(2)22/h5,20-21H,1,6-14H2,2-4H3/t20?,21-/m1/s1. The molecule has 1 aliphatic rings. The molecular weight excluding hydrogens is 380 g/mol. The minimum absolute atomic E-state index is 0.0128. The zero-order valence-electron chi connectivity index (χ0n) is 17.6. The van der Waals surface area contributed by atoms with E-state index in [1.807, 2.05) is 6.08 Å². The first kappa shape index (κ1) is 24.7. The van der Waals surface area contributed by atoms with Crippen LogP contribution in [0.15, 0.2) is 24.2 Å². The Balaban J connectivity index is 2.57. The topological polar surface area (TPSA) is 97.4 Å². The van der Waals surface area contributed by atoms with Crippen LogP contribution in [0.5, 0.6) is 0 Å². The molecule has 8 heteroatoms. The van der Waals surface area contributed by atoms with E-state index in [2.05, 4.69) is 6.58 Å². The van der Waals surface area contributed by atoms with Gasteiger partial charge in [-0.05, 0) is 19.3 Å². The number of ether oxygens (including phenoxy) is 5. The largest absolute Gasteiger partial charge is 0.458 e. The van der Waals surface area contributed by atoms with Gasteiger partial charge in [-0.3, -0.25) is 14.4 Å². The highest BCUT2D eigenvalue weighted by molar-refractivity contribution is 5.69. The molecule has 1 heterocycles. The normalized spacial score (nSPS) is 18.2. The molecule has 164 valence electrons. The third kappa shape index (κ3) is 10.1. The van der Waals surface area contributed by atoms with E-state index in [9.17, 15) is 14.4 Å². The summed E-state index contributed by atoms with van der Waals surface area (Å²) in [4.78, 5) is 34.0. The smallest absolute Gasteiger partial charge is 0.307 e. The van der Waals surface area contributed by atoms with Crippen molar-refractivity contribution in [1.29, 1.82) is 0 Å². The Bertz CT molecular complexity index is 595. The molecule has 29 heavy (non-hydrogen) atoms. The molecule has 0 aromatic rings. The van der Waals surface area contributed by atoms with Gasteiger partial charge in [0.2, 0.25) is 12.4 Å². The fraction of sp³-hybridized carbons (Fsp3) is 0.667. The molecule has 0 radical (unpaired) electrons. The fourth-order valence-electron chi connectivity index (χ4n) is 2.79. The molecule has 1 unspecified atom stereocenters. The van der Waals surface area contributed by atoms with Gasteiger partial charge in [0.1, 0.15) is 0 Å². The van der Waals surface area contributed by atoms with Crippen molar-refractivity contribution in [2.75, 3.05) is 13.2 Å². The number of unbranched alkanes of at least 4 members (excludes halogenated alkanes) is 6. The molecule has 2 atom stereocenters. The van der Waals surface area contributed by atoms with Gasteiger partial charge in [0.25, 0.3) is 0 Å². The highest BCUT2D eigenvalue weighted by Gasteiger charge is 2.43. The molecule has 0 spiro atoms. The molecule has 1 rings (SSSR count). The number of carbonyl (C=O) groups is 3. The van der Waals surface area contributed by atoms with E-state index in [1.54, 1.807) is 0 Å². The number of esters is 3. The maximum absolute atomic E-state index is 11.5. The second-order valence-corrected chi connectivity index (χ2v) is 6.75. The number of allylic oxidation sites excluding steroid dienone is 1. The highest BCUT2D eigenvalue weighted by atomic mass is 16.7. The van der Waals surface area contributed by atoms with Crippen molar-refractivity contribution in [3.05, 3.63) is 24.2 Å². The Labute approximate surface area is 172 Å². The lowest BCUT2D eigenvalue weighted by Gasteiger charge is -2.20. The van der Waals surface area contributed by atoms with Gasteiger partial charge in [0.05, 0.1) is 6.61 Å². The third-order valence-corrected chi connectivity index (χ3v) is 4.08. The molecule has 1 aliphatic heterocycles. The summed E-state index contributed by atoms with van der Waals surface area (Å²) in [5.74, 6) is -1.64. The Morgan fingerprint density at radius 1 is 0.966 bits per heavy atom. The van der Waals surface area contributed by atoms with Gasteiger partial charge in [-0.15, -0.1) is 6.58 Å². The molecule has 0 saturated carbocycles. The summed E-state index contributed by atoms with van der Waals surface area (Å²) in [7, 11) is 0. The van der Waals surface area contributed by atoms with Crippen LogP contribution < -0.4 is 0 Å². The Morgan fingerprint density at radius 2 is 1.62 bits per heavy atom. The van der Waals surface area contributed by atoms with Crippen LogP contribution in [0.4, 0.5) is 0 Å². The van der Waals surface area contributed by atoms with Crippen LogP contribution in [0, 0.1) is 0 Å². The second-order valence-electron chi connectivity index (χ2n) is 6.75. The maximum atomic E-state index is 11.5. The van der Waals surface area contributed by atoms with Crippen LogP contribution in [-0.2, 0) is 38.1 Å². The Hall–Kier alpha value is -2.35. The van der Waals surface area contributed by atoms with Crippen LogP contribution in [0.1, 0.15) is 65.7 Å². The molecule has 0 bridgehead atoms. The predicted octanol–water partition coefficient (Wildman–Crippen LogP) is 3.55. The minimum Gasteiger partial charge on any atom is -0.458 e. The zero-order valence-corrected chi connectivity index (χ0v) is 17.6. The second kappa shape index (κ2) is 13.8. The summed E-state index contributed by atoms with van der Waals surface area (Å²) in [5.41, 5.74) is 0. The first-order valence-corrected chi connectivity index (χ1v) is 9.96.